The first-order valence-electron chi connectivity index (χ1n) is 9.13. The van der Waals surface area contributed by atoms with Crippen molar-refractivity contribution in [3.63, 3.8) is 0 Å². The number of nitrogens with zero attached hydrogens (tertiary/aromatic N) is 2. The van der Waals surface area contributed by atoms with Crippen LogP contribution in [-0.4, -0.2) is 22.4 Å². The van der Waals surface area contributed by atoms with Gasteiger partial charge in [0.1, 0.15) is 10.0 Å². The lowest BCUT2D eigenvalue weighted by molar-refractivity contribution is -0.114. The largest absolute Gasteiger partial charge is 0.317 e. The first kappa shape index (κ1) is 17.5. The molecule has 1 aliphatic heterocycles. The van der Waals surface area contributed by atoms with Gasteiger partial charge in [0.15, 0.2) is 0 Å². The predicted octanol–water partition coefficient (Wildman–Crippen LogP) is 4.69. The number of carbonyl (C=O) groups excluding carboxylic acids is 1. The number of thiazole rings is 1. The predicted molar refractivity (Wildman–Crippen MR) is 116 cm³/mol. The minimum atomic E-state index is -0.0473. The van der Waals surface area contributed by atoms with E-state index in [0.29, 0.717) is 0 Å². The fraction of sp³-hybridized carbons (Fsp3) is 0.190. The Kier molecular flexibility index (Phi) is 4.43. The van der Waals surface area contributed by atoms with Crippen molar-refractivity contribution in [1.82, 2.24) is 15.3 Å². The number of carbonyl (C=O) groups is 1. The van der Waals surface area contributed by atoms with Gasteiger partial charge in [-0.15, -0.1) is 22.7 Å². The van der Waals surface area contributed by atoms with Gasteiger partial charge in [0.25, 0.3) is 0 Å². The Balaban J connectivity index is 1.63. The van der Waals surface area contributed by atoms with Crippen LogP contribution in [0.25, 0.3) is 31.9 Å². The molecule has 0 radical (unpaired) electrons. The zero-order chi connectivity index (χ0) is 19.1. The highest BCUT2D eigenvalue weighted by molar-refractivity contribution is 7.23. The van der Waals surface area contributed by atoms with E-state index in [0.717, 1.165) is 56.4 Å². The van der Waals surface area contributed by atoms with Crippen molar-refractivity contribution >= 4 is 43.8 Å². The van der Waals surface area contributed by atoms with Crippen molar-refractivity contribution in [2.24, 2.45) is 0 Å². The average molecular weight is 407 g/mol. The fourth-order valence-electron chi connectivity index (χ4n) is 3.57. The maximum Gasteiger partial charge on any atom is 0.221 e. The summed E-state index contributed by atoms with van der Waals surface area (Å²) >= 11 is 3.34. The second-order valence-electron chi connectivity index (χ2n) is 6.75. The molecule has 2 N–H and O–H groups in total. The van der Waals surface area contributed by atoms with Crippen molar-refractivity contribution in [2.75, 3.05) is 11.9 Å². The van der Waals surface area contributed by atoms with Crippen LogP contribution in [0, 0.1) is 0 Å². The molecule has 7 heteroatoms. The number of hydrogen-bond donors (Lipinski definition) is 2. The second-order valence-corrected chi connectivity index (χ2v) is 8.89. The smallest absolute Gasteiger partial charge is 0.221 e. The van der Waals surface area contributed by atoms with Gasteiger partial charge in [-0.25, -0.2) is 4.98 Å². The Morgan fingerprint density at radius 2 is 2.00 bits per heavy atom. The van der Waals surface area contributed by atoms with E-state index in [1.807, 2.05) is 12.1 Å². The third kappa shape index (κ3) is 3.11. The van der Waals surface area contributed by atoms with E-state index in [1.165, 1.54) is 10.4 Å². The van der Waals surface area contributed by atoms with E-state index in [4.69, 9.17) is 4.98 Å². The Labute approximate surface area is 170 Å². The summed E-state index contributed by atoms with van der Waals surface area (Å²) in [4.78, 5) is 22.1. The van der Waals surface area contributed by atoms with Crippen molar-refractivity contribution in [2.45, 2.75) is 19.9 Å². The van der Waals surface area contributed by atoms with E-state index >= 15 is 0 Å². The third-order valence-corrected chi connectivity index (χ3v) is 7.03. The number of anilines is 1. The molecule has 0 aliphatic carbocycles. The molecule has 5 rings (SSSR count). The number of hydrogen-bond acceptors (Lipinski definition) is 6. The molecule has 3 aromatic heterocycles. The van der Waals surface area contributed by atoms with Crippen LogP contribution < -0.4 is 10.6 Å². The van der Waals surface area contributed by atoms with Gasteiger partial charge in [0, 0.05) is 36.3 Å². The third-order valence-electron chi connectivity index (χ3n) is 4.83. The van der Waals surface area contributed by atoms with Gasteiger partial charge in [-0.05, 0) is 53.9 Å². The summed E-state index contributed by atoms with van der Waals surface area (Å²) in [5.41, 5.74) is 5.66. The number of pyridine rings is 1. The molecule has 0 unspecified atom stereocenters. The summed E-state index contributed by atoms with van der Waals surface area (Å²) in [6.07, 6.45) is 4.56. The molecule has 0 fully saturated rings. The maximum atomic E-state index is 11.7. The number of fused-ring (bicyclic) bond motifs is 2. The Morgan fingerprint density at radius 1 is 1.14 bits per heavy atom. The average Bonchev–Trinajstić information content (AvgIpc) is 3.27. The molecule has 4 aromatic rings. The summed E-state index contributed by atoms with van der Waals surface area (Å²) in [5, 5.41) is 8.32. The quantitative estimate of drug-likeness (QED) is 0.518. The van der Waals surface area contributed by atoms with E-state index in [1.54, 1.807) is 42.0 Å². The van der Waals surface area contributed by atoms with E-state index in [2.05, 4.69) is 33.8 Å². The summed E-state index contributed by atoms with van der Waals surface area (Å²) in [6.45, 7) is 3.36. The SMILES string of the molecule is CC(=O)Nc1sc2c(c1-c1nc3cc(-c4ccncc4)ccc3s1)CCNC2. The molecule has 5 nitrogen and oxygen atoms in total. The molecule has 1 aromatic carbocycles. The van der Waals surface area contributed by atoms with Crippen LogP contribution in [0.4, 0.5) is 5.00 Å². The molecular weight excluding hydrogens is 388 g/mol. The molecule has 4 heterocycles. The van der Waals surface area contributed by atoms with Gasteiger partial charge >= 0.3 is 0 Å². The van der Waals surface area contributed by atoms with Crippen molar-refractivity contribution < 1.29 is 4.79 Å². The molecule has 140 valence electrons. The first-order chi connectivity index (χ1) is 13.7. The summed E-state index contributed by atoms with van der Waals surface area (Å²) < 4.78 is 1.15. The van der Waals surface area contributed by atoms with Crippen LogP contribution in [0.1, 0.15) is 17.4 Å². The zero-order valence-electron chi connectivity index (χ0n) is 15.3. The standard InChI is InChI=1S/C21H18N4OS2/c1-12(26)24-20-19(15-6-9-23-11-18(15)28-20)21-25-16-10-14(2-3-17(16)27-21)13-4-7-22-8-5-13/h2-5,7-8,10,23H,6,9,11H2,1H3,(H,24,26). The normalized spacial score (nSPS) is 13.5. The van der Waals surface area contributed by atoms with Crippen LogP contribution in [0.5, 0.6) is 0 Å². The Morgan fingerprint density at radius 3 is 2.82 bits per heavy atom. The Bertz CT molecular complexity index is 1180. The van der Waals surface area contributed by atoms with Crippen LogP contribution in [-0.2, 0) is 17.8 Å². The van der Waals surface area contributed by atoms with Gasteiger partial charge < -0.3 is 10.6 Å². The number of amides is 1. The minimum absolute atomic E-state index is 0.0473. The van der Waals surface area contributed by atoms with E-state index in [9.17, 15) is 4.79 Å². The van der Waals surface area contributed by atoms with Gasteiger partial charge in [0.05, 0.1) is 10.2 Å². The lowest BCUT2D eigenvalue weighted by Gasteiger charge is -2.13. The number of thiophene rings is 1. The van der Waals surface area contributed by atoms with E-state index < -0.39 is 0 Å². The molecule has 0 saturated heterocycles. The summed E-state index contributed by atoms with van der Waals surface area (Å²) in [7, 11) is 0. The fourth-order valence-corrected chi connectivity index (χ4v) is 5.92. The molecular formula is C21H18N4OS2. The molecule has 0 saturated carbocycles. The van der Waals surface area contributed by atoms with Gasteiger partial charge in [-0.3, -0.25) is 9.78 Å². The summed E-state index contributed by atoms with van der Waals surface area (Å²) in [6, 6.07) is 10.4. The van der Waals surface area contributed by atoms with Crippen LogP contribution in [0.15, 0.2) is 42.7 Å². The lowest BCUT2D eigenvalue weighted by Crippen LogP contribution is -2.22. The molecule has 0 atom stereocenters. The van der Waals surface area contributed by atoms with Crippen molar-refractivity contribution in [3.8, 4) is 21.7 Å². The molecule has 1 aliphatic rings. The highest BCUT2D eigenvalue weighted by Gasteiger charge is 2.24. The molecule has 28 heavy (non-hydrogen) atoms. The molecule has 0 spiro atoms. The van der Waals surface area contributed by atoms with Crippen LogP contribution in [0.2, 0.25) is 0 Å². The second kappa shape index (κ2) is 7.09. The number of nitrogens with one attached hydrogen (secondary N) is 2. The lowest BCUT2D eigenvalue weighted by atomic mass is 10.0. The Hall–Kier alpha value is -2.61. The van der Waals surface area contributed by atoms with Crippen molar-refractivity contribution in [1.29, 1.82) is 0 Å². The van der Waals surface area contributed by atoms with Crippen molar-refractivity contribution in [3.05, 3.63) is 53.2 Å². The maximum absolute atomic E-state index is 11.7. The van der Waals surface area contributed by atoms with Gasteiger partial charge in [-0.2, -0.15) is 0 Å². The monoisotopic (exact) mass is 406 g/mol. The van der Waals surface area contributed by atoms with Gasteiger partial charge in [0.2, 0.25) is 5.91 Å². The first-order valence-corrected chi connectivity index (χ1v) is 10.8. The highest BCUT2D eigenvalue weighted by atomic mass is 32.1. The highest BCUT2D eigenvalue weighted by Crippen LogP contribution is 2.45. The number of aromatic nitrogens is 2. The topological polar surface area (TPSA) is 66.9 Å². The van der Waals surface area contributed by atoms with Crippen LogP contribution in [0.3, 0.4) is 0 Å². The molecule has 0 bridgehead atoms. The molecule has 1 amide bonds. The zero-order valence-corrected chi connectivity index (χ0v) is 16.9. The minimum Gasteiger partial charge on any atom is -0.317 e. The van der Waals surface area contributed by atoms with Gasteiger partial charge in [-0.1, -0.05) is 6.07 Å². The summed E-state index contributed by atoms with van der Waals surface area (Å²) in [5.74, 6) is -0.0473. The number of benzene rings is 1. The number of rotatable bonds is 3. The van der Waals surface area contributed by atoms with E-state index in [-0.39, 0.29) is 5.91 Å². The van der Waals surface area contributed by atoms with Crippen LogP contribution >= 0.6 is 22.7 Å².